The molecule has 3 heterocycles. The van der Waals surface area contributed by atoms with Crippen molar-refractivity contribution in [2.75, 3.05) is 19.5 Å². The molecule has 0 bridgehead atoms. The van der Waals surface area contributed by atoms with Crippen molar-refractivity contribution in [3.05, 3.63) is 65.0 Å². The number of amides is 1. The molecule has 2 aromatic carbocycles. The molecule has 1 atom stereocenters. The summed E-state index contributed by atoms with van der Waals surface area (Å²) in [6, 6.07) is 14.6. The van der Waals surface area contributed by atoms with Crippen molar-refractivity contribution < 1.29 is 19.0 Å². The van der Waals surface area contributed by atoms with Crippen LogP contribution in [0.15, 0.2) is 53.9 Å². The average molecular weight is 415 g/mol. The molecule has 1 aromatic heterocycles. The van der Waals surface area contributed by atoms with Gasteiger partial charge in [-0.3, -0.25) is 9.89 Å². The Kier molecular flexibility index (Phi) is 3.91. The Labute approximate surface area is 177 Å². The molecule has 0 saturated heterocycles. The third kappa shape index (κ3) is 2.30. The number of carbonyl (C=O) groups is 1. The van der Waals surface area contributed by atoms with Crippen LogP contribution in [0.5, 0.6) is 17.4 Å². The molecule has 5 rings (SSSR count). The summed E-state index contributed by atoms with van der Waals surface area (Å²) in [4.78, 5) is 13.5. The molecule has 0 saturated carbocycles. The van der Waals surface area contributed by atoms with E-state index in [1.807, 2.05) is 6.07 Å². The van der Waals surface area contributed by atoms with E-state index >= 15 is 0 Å². The lowest BCUT2D eigenvalue weighted by Crippen LogP contribution is -2.42. The van der Waals surface area contributed by atoms with E-state index in [-0.39, 0.29) is 17.3 Å². The summed E-state index contributed by atoms with van der Waals surface area (Å²) in [7, 11) is 3.08. The molecular formula is C22H17N5O4. The lowest BCUT2D eigenvalue weighted by Gasteiger charge is -2.31. The van der Waals surface area contributed by atoms with Gasteiger partial charge >= 0.3 is 0 Å². The van der Waals surface area contributed by atoms with E-state index < -0.39 is 11.3 Å². The number of carbonyl (C=O) groups excluding carboxylic acids is 1. The van der Waals surface area contributed by atoms with Gasteiger partial charge < -0.3 is 25.3 Å². The first-order valence-corrected chi connectivity index (χ1v) is 9.36. The predicted molar refractivity (Wildman–Crippen MR) is 110 cm³/mol. The first-order chi connectivity index (χ1) is 15.1. The fraction of sp³-hybridized carbons (Fsp3) is 0.136. The van der Waals surface area contributed by atoms with E-state index in [1.165, 1.54) is 7.11 Å². The molecule has 0 aliphatic carbocycles. The highest BCUT2D eigenvalue weighted by Gasteiger charge is 2.58. The topological polar surface area (TPSA) is 135 Å². The second-order valence-corrected chi connectivity index (χ2v) is 7.05. The summed E-state index contributed by atoms with van der Waals surface area (Å²) in [6.07, 6.45) is 0. The lowest BCUT2D eigenvalue weighted by atomic mass is 9.68. The lowest BCUT2D eigenvalue weighted by molar-refractivity contribution is -0.118. The number of rotatable bonds is 3. The van der Waals surface area contributed by atoms with Gasteiger partial charge in [0.25, 0.3) is 0 Å². The van der Waals surface area contributed by atoms with Crippen molar-refractivity contribution in [2.24, 2.45) is 5.73 Å². The standard InChI is InChI=1S/C22H17N5O4/c1-29-15-8-7-11(9-16(15)30-2)18-17-20(27-26-18)31-19(24)13(10-23)22(17)12-5-3-4-6-14(12)25-21(22)28/h3-9H,24H2,1-2H3,(H,25,28)(H,26,27)/t22-/m1/s1. The van der Waals surface area contributed by atoms with Crippen LogP contribution in [0, 0.1) is 11.3 Å². The van der Waals surface area contributed by atoms with Crippen LogP contribution in [0.25, 0.3) is 11.3 Å². The normalized spacial score (nSPS) is 18.7. The number of hydrogen-bond acceptors (Lipinski definition) is 7. The Balaban J connectivity index is 1.84. The minimum Gasteiger partial charge on any atom is -0.493 e. The van der Waals surface area contributed by atoms with Crippen molar-refractivity contribution >= 4 is 11.6 Å². The van der Waals surface area contributed by atoms with E-state index in [1.54, 1.807) is 43.5 Å². The fourth-order valence-corrected chi connectivity index (χ4v) is 4.31. The zero-order chi connectivity index (χ0) is 21.8. The number of aromatic amines is 1. The van der Waals surface area contributed by atoms with Gasteiger partial charge in [-0.1, -0.05) is 18.2 Å². The minimum atomic E-state index is -1.50. The van der Waals surface area contributed by atoms with E-state index in [4.69, 9.17) is 19.9 Å². The van der Waals surface area contributed by atoms with Gasteiger partial charge in [0.2, 0.25) is 17.7 Å². The highest BCUT2D eigenvalue weighted by atomic mass is 16.5. The quantitative estimate of drug-likeness (QED) is 0.598. The zero-order valence-electron chi connectivity index (χ0n) is 16.6. The van der Waals surface area contributed by atoms with Gasteiger partial charge in [0.1, 0.15) is 17.1 Å². The molecule has 2 aliphatic heterocycles. The maximum atomic E-state index is 13.5. The molecule has 3 aromatic rings. The van der Waals surface area contributed by atoms with Gasteiger partial charge in [0.15, 0.2) is 11.5 Å². The van der Waals surface area contributed by atoms with Gasteiger partial charge in [-0.05, 0) is 24.3 Å². The Morgan fingerprint density at radius 1 is 1.16 bits per heavy atom. The van der Waals surface area contributed by atoms with Gasteiger partial charge in [0.05, 0.1) is 25.5 Å². The van der Waals surface area contributed by atoms with Crippen LogP contribution in [0.3, 0.4) is 0 Å². The number of nitrogens with two attached hydrogens (primary N) is 1. The Hall–Kier alpha value is -4.45. The number of fused-ring (bicyclic) bond motifs is 4. The number of benzene rings is 2. The summed E-state index contributed by atoms with van der Waals surface area (Å²) in [6.45, 7) is 0. The molecule has 154 valence electrons. The molecule has 31 heavy (non-hydrogen) atoms. The van der Waals surface area contributed by atoms with Crippen LogP contribution in [0.1, 0.15) is 11.1 Å². The van der Waals surface area contributed by atoms with E-state index in [0.29, 0.717) is 39.6 Å². The Morgan fingerprint density at radius 2 is 1.94 bits per heavy atom. The van der Waals surface area contributed by atoms with Crippen molar-refractivity contribution in [2.45, 2.75) is 5.41 Å². The zero-order valence-corrected chi connectivity index (χ0v) is 16.6. The summed E-state index contributed by atoms with van der Waals surface area (Å²) >= 11 is 0. The van der Waals surface area contributed by atoms with Gasteiger partial charge in [-0.15, -0.1) is 5.10 Å². The van der Waals surface area contributed by atoms with E-state index in [2.05, 4.69) is 21.6 Å². The Bertz CT molecular complexity index is 1320. The number of methoxy groups -OCH3 is 2. The number of anilines is 1. The number of para-hydroxylation sites is 1. The number of nitrogens with zero attached hydrogens (tertiary/aromatic N) is 2. The largest absolute Gasteiger partial charge is 0.493 e. The minimum absolute atomic E-state index is 0.00516. The molecule has 4 N–H and O–H groups in total. The van der Waals surface area contributed by atoms with E-state index in [9.17, 15) is 10.1 Å². The van der Waals surface area contributed by atoms with Crippen LogP contribution in [0.4, 0.5) is 5.69 Å². The number of ether oxygens (including phenoxy) is 3. The monoisotopic (exact) mass is 415 g/mol. The third-order valence-corrected chi connectivity index (χ3v) is 5.64. The van der Waals surface area contributed by atoms with Crippen LogP contribution < -0.4 is 25.3 Å². The summed E-state index contributed by atoms with van der Waals surface area (Å²) in [5.41, 5.74) is 7.36. The number of H-pyrrole nitrogens is 1. The van der Waals surface area contributed by atoms with Crippen molar-refractivity contribution in [3.63, 3.8) is 0 Å². The number of nitriles is 1. The number of aromatic nitrogens is 2. The van der Waals surface area contributed by atoms with Crippen LogP contribution in [-0.2, 0) is 10.2 Å². The number of hydrogen-bond donors (Lipinski definition) is 3. The van der Waals surface area contributed by atoms with Crippen LogP contribution in [-0.4, -0.2) is 30.3 Å². The van der Waals surface area contributed by atoms with Gasteiger partial charge in [-0.25, -0.2) is 0 Å². The maximum Gasteiger partial charge on any atom is 0.245 e. The SMILES string of the molecule is COc1ccc(-c2[nH]nc3c2[C@]2(C(=O)Nc4ccccc42)C(C#N)=C(N)O3)cc1OC. The van der Waals surface area contributed by atoms with Crippen LogP contribution >= 0.6 is 0 Å². The summed E-state index contributed by atoms with van der Waals surface area (Å²) in [5, 5.41) is 20.1. The molecular weight excluding hydrogens is 398 g/mol. The third-order valence-electron chi connectivity index (χ3n) is 5.64. The van der Waals surface area contributed by atoms with Gasteiger partial charge in [0, 0.05) is 16.8 Å². The first-order valence-electron chi connectivity index (χ1n) is 9.36. The summed E-state index contributed by atoms with van der Waals surface area (Å²) < 4.78 is 16.4. The molecule has 1 spiro atoms. The maximum absolute atomic E-state index is 13.5. The molecule has 2 aliphatic rings. The molecule has 0 unspecified atom stereocenters. The van der Waals surface area contributed by atoms with Gasteiger partial charge in [-0.2, -0.15) is 5.26 Å². The van der Waals surface area contributed by atoms with Crippen molar-refractivity contribution in [1.82, 2.24) is 10.2 Å². The first kappa shape index (κ1) is 18.6. The highest BCUT2D eigenvalue weighted by molar-refractivity contribution is 6.13. The Morgan fingerprint density at radius 3 is 2.68 bits per heavy atom. The van der Waals surface area contributed by atoms with Crippen molar-refractivity contribution in [1.29, 1.82) is 5.26 Å². The molecule has 9 heteroatoms. The predicted octanol–water partition coefficient (Wildman–Crippen LogP) is 2.42. The molecule has 0 fully saturated rings. The fourth-order valence-electron chi connectivity index (χ4n) is 4.31. The second kappa shape index (κ2) is 6.53. The molecule has 9 nitrogen and oxygen atoms in total. The van der Waals surface area contributed by atoms with Crippen molar-refractivity contribution in [3.8, 4) is 34.7 Å². The molecule has 1 amide bonds. The highest BCUT2D eigenvalue weighted by Crippen LogP contribution is 2.55. The number of nitrogens with one attached hydrogen (secondary N) is 2. The smallest absolute Gasteiger partial charge is 0.245 e. The molecule has 0 radical (unpaired) electrons. The average Bonchev–Trinajstić information content (AvgIpc) is 3.33. The second-order valence-electron chi connectivity index (χ2n) is 7.05. The van der Waals surface area contributed by atoms with E-state index in [0.717, 1.165) is 0 Å². The summed E-state index contributed by atoms with van der Waals surface area (Å²) in [5.74, 6) is 0.624. The van der Waals surface area contributed by atoms with Crippen LogP contribution in [0.2, 0.25) is 0 Å².